The molecule has 88 valence electrons. The lowest BCUT2D eigenvalue weighted by molar-refractivity contribution is -0.119. The van der Waals surface area contributed by atoms with Crippen molar-refractivity contribution in [2.24, 2.45) is 0 Å². The Morgan fingerprint density at radius 2 is 2.20 bits per heavy atom. The average Bonchev–Trinajstić information content (AvgIpc) is 2.13. The Morgan fingerprint density at radius 1 is 1.60 bits per heavy atom. The first-order chi connectivity index (χ1) is 6.95. The van der Waals surface area contributed by atoms with E-state index in [1.54, 1.807) is 6.92 Å². The van der Waals surface area contributed by atoms with Crippen LogP contribution in [-0.4, -0.2) is 43.6 Å². The fraction of sp³-hybridized carbons (Fsp3) is 0.667. The van der Waals surface area contributed by atoms with E-state index in [9.17, 15) is 13.2 Å². The Kier molecular flexibility index (Phi) is 6.19. The molecule has 6 heteroatoms. The summed E-state index contributed by atoms with van der Waals surface area (Å²) in [5, 5.41) is 11.2. The van der Waals surface area contributed by atoms with Crippen molar-refractivity contribution < 1.29 is 18.3 Å². The summed E-state index contributed by atoms with van der Waals surface area (Å²) in [6.45, 7) is 4.90. The maximum Gasteiger partial charge on any atom is 0.235 e. The summed E-state index contributed by atoms with van der Waals surface area (Å²) in [5.41, 5.74) is 0. The second kappa shape index (κ2) is 6.58. The zero-order valence-electron chi connectivity index (χ0n) is 8.77. The topological polar surface area (TPSA) is 83.5 Å². The smallest absolute Gasteiger partial charge is 0.235 e. The zero-order valence-corrected chi connectivity index (χ0v) is 9.59. The number of amides is 1. The van der Waals surface area contributed by atoms with Gasteiger partial charge in [0.05, 0.1) is 18.4 Å². The monoisotopic (exact) mass is 235 g/mol. The minimum atomic E-state index is -3.40. The third-order valence-electron chi connectivity index (χ3n) is 1.80. The SMILES string of the molecule is C=CCS(=O)(=O)CC(=O)NC(CC)CO. The van der Waals surface area contributed by atoms with Crippen molar-refractivity contribution in [2.45, 2.75) is 19.4 Å². The molecule has 0 spiro atoms. The van der Waals surface area contributed by atoms with Gasteiger partial charge < -0.3 is 10.4 Å². The van der Waals surface area contributed by atoms with Crippen LogP contribution in [0.25, 0.3) is 0 Å². The van der Waals surface area contributed by atoms with Gasteiger partial charge in [0.2, 0.25) is 5.91 Å². The number of sulfone groups is 1. The number of carbonyl (C=O) groups is 1. The molecule has 0 aromatic heterocycles. The molecule has 0 fully saturated rings. The Labute approximate surface area is 90.1 Å². The third kappa shape index (κ3) is 6.24. The van der Waals surface area contributed by atoms with Gasteiger partial charge in [-0.25, -0.2) is 8.42 Å². The van der Waals surface area contributed by atoms with Crippen molar-refractivity contribution >= 4 is 15.7 Å². The fourth-order valence-corrected chi connectivity index (χ4v) is 1.94. The summed E-state index contributed by atoms with van der Waals surface area (Å²) in [5.74, 6) is -1.36. The third-order valence-corrected chi connectivity index (χ3v) is 3.25. The van der Waals surface area contributed by atoms with Crippen LogP contribution in [0.5, 0.6) is 0 Å². The summed E-state index contributed by atoms with van der Waals surface area (Å²) < 4.78 is 22.4. The predicted molar refractivity (Wildman–Crippen MR) is 58.2 cm³/mol. The van der Waals surface area contributed by atoms with Gasteiger partial charge in [0, 0.05) is 0 Å². The van der Waals surface area contributed by atoms with E-state index in [-0.39, 0.29) is 18.4 Å². The Hall–Kier alpha value is -0.880. The molecular weight excluding hydrogens is 218 g/mol. The molecule has 0 aromatic carbocycles. The molecule has 2 N–H and O–H groups in total. The van der Waals surface area contributed by atoms with Crippen molar-refractivity contribution in [1.82, 2.24) is 5.32 Å². The molecule has 0 aliphatic carbocycles. The van der Waals surface area contributed by atoms with E-state index >= 15 is 0 Å². The number of carbonyl (C=O) groups excluding carboxylic acids is 1. The van der Waals surface area contributed by atoms with Crippen LogP contribution in [0.1, 0.15) is 13.3 Å². The van der Waals surface area contributed by atoms with Crippen LogP contribution in [0.15, 0.2) is 12.7 Å². The van der Waals surface area contributed by atoms with Crippen LogP contribution in [0.3, 0.4) is 0 Å². The Bertz CT molecular complexity index is 306. The highest BCUT2D eigenvalue weighted by atomic mass is 32.2. The van der Waals surface area contributed by atoms with Gasteiger partial charge in [0.25, 0.3) is 0 Å². The lowest BCUT2D eigenvalue weighted by Gasteiger charge is -2.13. The molecule has 5 nitrogen and oxygen atoms in total. The van der Waals surface area contributed by atoms with E-state index in [0.717, 1.165) is 0 Å². The molecule has 0 aromatic rings. The van der Waals surface area contributed by atoms with Gasteiger partial charge in [-0.15, -0.1) is 6.58 Å². The number of nitrogens with one attached hydrogen (secondary N) is 1. The summed E-state index contributed by atoms with van der Waals surface area (Å²) in [7, 11) is -3.40. The van der Waals surface area contributed by atoms with E-state index in [0.29, 0.717) is 6.42 Å². The molecular formula is C9H17NO4S. The average molecular weight is 235 g/mol. The van der Waals surface area contributed by atoms with Crippen molar-refractivity contribution in [3.63, 3.8) is 0 Å². The molecule has 0 bridgehead atoms. The number of aliphatic hydroxyl groups is 1. The van der Waals surface area contributed by atoms with Crippen molar-refractivity contribution in [1.29, 1.82) is 0 Å². The second-order valence-electron chi connectivity index (χ2n) is 3.20. The molecule has 0 heterocycles. The largest absolute Gasteiger partial charge is 0.394 e. The summed E-state index contributed by atoms with van der Waals surface area (Å²) in [6.07, 6.45) is 1.80. The van der Waals surface area contributed by atoms with Crippen LogP contribution in [0.2, 0.25) is 0 Å². The van der Waals surface area contributed by atoms with E-state index in [4.69, 9.17) is 5.11 Å². The van der Waals surface area contributed by atoms with Crippen LogP contribution in [0.4, 0.5) is 0 Å². The van der Waals surface area contributed by atoms with Gasteiger partial charge in [-0.2, -0.15) is 0 Å². The van der Waals surface area contributed by atoms with E-state index in [1.165, 1.54) is 6.08 Å². The molecule has 0 aliphatic rings. The Balaban J connectivity index is 4.19. The van der Waals surface area contributed by atoms with Gasteiger partial charge in [-0.05, 0) is 6.42 Å². The first-order valence-electron chi connectivity index (χ1n) is 4.66. The zero-order chi connectivity index (χ0) is 11.9. The summed E-state index contributed by atoms with van der Waals surface area (Å²) >= 11 is 0. The normalized spacial score (nSPS) is 13.2. The van der Waals surface area contributed by atoms with Crippen molar-refractivity contribution in [3.05, 3.63) is 12.7 Å². The van der Waals surface area contributed by atoms with Crippen LogP contribution in [0, 0.1) is 0 Å². The van der Waals surface area contributed by atoms with Crippen LogP contribution in [-0.2, 0) is 14.6 Å². The lowest BCUT2D eigenvalue weighted by Crippen LogP contribution is -2.40. The standard InChI is InChI=1S/C9H17NO4S/c1-3-5-15(13,14)7-9(12)10-8(4-2)6-11/h3,8,11H,1,4-7H2,2H3,(H,10,12). The van der Waals surface area contributed by atoms with Gasteiger partial charge in [-0.1, -0.05) is 13.0 Å². The van der Waals surface area contributed by atoms with E-state index in [2.05, 4.69) is 11.9 Å². The first-order valence-corrected chi connectivity index (χ1v) is 6.48. The number of rotatable bonds is 7. The molecule has 0 rings (SSSR count). The molecule has 15 heavy (non-hydrogen) atoms. The molecule has 0 aliphatic heterocycles. The molecule has 1 unspecified atom stereocenters. The van der Waals surface area contributed by atoms with E-state index in [1.807, 2.05) is 0 Å². The maximum atomic E-state index is 11.2. The van der Waals surface area contributed by atoms with Crippen LogP contribution >= 0.6 is 0 Å². The van der Waals surface area contributed by atoms with Gasteiger partial charge >= 0.3 is 0 Å². The molecule has 0 saturated carbocycles. The van der Waals surface area contributed by atoms with Crippen LogP contribution < -0.4 is 5.32 Å². The molecule has 1 atom stereocenters. The molecule has 0 radical (unpaired) electrons. The van der Waals surface area contributed by atoms with E-state index < -0.39 is 21.5 Å². The summed E-state index contributed by atoms with van der Waals surface area (Å²) in [4.78, 5) is 11.2. The minimum absolute atomic E-state index is 0.191. The highest BCUT2D eigenvalue weighted by molar-refractivity contribution is 7.92. The molecule has 1 amide bonds. The first kappa shape index (κ1) is 14.1. The fourth-order valence-electron chi connectivity index (χ4n) is 0.984. The van der Waals surface area contributed by atoms with Crippen molar-refractivity contribution in [3.8, 4) is 0 Å². The number of hydrogen-bond acceptors (Lipinski definition) is 4. The maximum absolute atomic E-state index is 11.2. The highest BCUT2D eigenvalue weighted by Crippen LogP contribution is 1.93. The molecule has 0 saturated heterocycles. The van der Waals surface area contributed by atoms with Crippen molar-refractivity contribution in [2.75, 3.05) is 18.1 Å². The second-order valence-corrected chi connectivity index (χ2v) is 5.31. The van der Waals surface area contributed by atoms with Gasteiger partial charge in [0.1, 0.15) is 5.75 Å². The number of aliphatic hydroxyl groups excluding tert-OH is 1. The van der Waals surface area contributed by atoms with Gasteiger partial charge in [0.15, 0.2) is 9.84 Å². The lowest BCUT2D eigenvalue weighted by atomic mass is 10.2. The summed E-state index contributed by atoms with van der Waals surface area (Å²) in [6, 6.07) is -0.378. The minimum Gasteiger partial charge on any atom is -0.394 e. The van der Waals surface area contributed by atoms with Gasteiger partial charge in [-0.3, -0.25) is 4.79 Å². The predicted octanol–water partition coefficient (Wildman–Crippen LogP) is -0.526. The highest BCUT2D eigenvalue weighted by Gasteiger charge is 2.17. The number of hydrogen-bond donors (Lipinski definition) is 2. The quantitative estimate of drug-likeness (QED) is 0.581. The Morgan fingerprint density at radius 3 is 2.60 bits per heavy atom.